The van der Waals surface area contributed by atoms with Gasteiger partial charge in [-0.25, -0.2) is 8.42 Å². The van der Waals surface area contributed by atoms with Gasteiger partial charge in [0.2, 0.25) is 10.0 Å². The summed E-state index contributed by atoms with van der Waals surface area (Å²) in [5.41, 5.74) is 0.0240. The Labute approximate surface area is 132 Å². The van der Waals surface area contributed by atoms with Crippen LogP contribution < -0.4 is 0 Å². The molecule has 0 aliphatic carbocycles. The van der Waals surface area contributed by atoms with Crippen LogP contribution in [0, 0.1) is 17.0 Å². The van der Waals surface area contributed by atoms with E-state index < -0.39 is 14.9 Å². The smallest absolute Gasteiger partial charge is 0.258 e. The molecule has 21 heavy (non-hydrogen) atoms. The highest BCUT2D eigenvalue weighted by Crippen LogP contribution is 2.33. The first-order valence-corrected chi connectivity index (χ1v) is 9.26. The van der Waals surface area contributed by atoms with Crippen molar-refractivity contribution in [1.82, 2.24) is 4.31 Å². The largest absolute Gasteiger partial charge is 0.289 e. The van der Waals surface area contributed by atoms with Crippen molar-refractivity contribution in [3.8, 4) is 0 Å². The van der Waals surface area contributed by atoms with Gasteiger partial charge in [-0.1, -0.05) is 11.6 Å². The lowest BCUT2D eigenvalue weighted by atomic mass is 10.2. The number of thioether (sulfide) groups is 1. The third-order valence-corrected chi connectivity index (χ3v) is 6.98. The second-order valence-corrected chi connectivity index (χ2v) is 8.28. The van der Waals surface area contributed by atoms with E-state index in [-0.39, 0.29) is 21.6 Å². The Morgan fingerprint density at radius 1 is 1.48 bits per heavy atom. The summed E-state index contributed by atoms with van der Waals surface area (Å²) in [6.07, 6.45) is 0. The predicted molar refractivity (Wildman–Crippen MR) is 83.5 cm³/mol. The number of nitro benzene ring substituents is 1. The van der Waals surface area contributed by atoms with Crippen LogP contribution in [0.2, 0.25) is 5.02 Å². The van der Waals surface area contributed by atoms with E-state index in [4.69, 9.17) is 11.6 Å². The fourth-order valence-corrected chi connectivity index (χ4v) is 5.62. The maximum absolute atomic E-state index is 12.8. The lowest BCUT2D eigenvalue weighted by molar-refractivity contribution is -0.384. The second-order valence-electron chi connectivity index (χ2n) is 4.87. The normalized spacial score (nSPS) is 20.4. The van der Waals surface area contributed by atoms with Gasteiger partial charge in [-0.3, -0.25) is 10.1 Å². The number of halogens is 1. The maximum atomic E-state index is 12.8. The van der Waals surface area contributed by atoms with E-state index in [9.17, 15) is 18.5 Å². The van der Waals surface area contributed by atoms with Crippen LogP contribution in [0.1, 0.15) is 12.5 Å². The number of nitrogens with zero attached hydrogens (tertiary/aromatic N) is 2. The Bertz CT molecular complexity index is 678. The van der Waals surface area contributed by atoms with Gasteiger partial charge in [0.25, 0.3) is 5.69 Å². The molecule has 6 nitrogen and oxygen atoms in total. The van der Waals surface area contributed by atoms with Crippen LogP contribution in [0.3, 0.4) is 0 Å². The SMILES string of the molecule is Cc1cc(Cl)c([N+](=O)[O-])cc1S(=O)(=O)N1CCSCC1C. The molecule has 1 aliphatic heterocycles. The summed E-state index contributed by atoms with van der Waals surface area (Å²) in [5, 5.41) is 10.9. The zero-order valence-electron chi connectivity index (χ0n) is 11.6. The lowest BCUT2D eigenvalue weighted by Crippen LogP contribution is -2.44. The minimum Gasteiger partial charge on any atom is -0.258 e. The van der Waals surface area contributed by atoms with Crippen LogP contribution in [0.5, 0.6) is 0 Å². The Morgan fingerprint density at radius 3 is 2.71 bits per heavy atom. The molecule has 1 atom stereocenters. The third kappa shape index (κ3) is 3.18. The highest BCUT2D eigenvalue weighted by Gasteiger charge is 2.33. The topological polar surface area (TPSA) is 80.5 Å². The van der Waals surface area contributed by atoms with Crippen molar-refractivity contribution in [2.45, 2.75) is 24.8 Å². The monoisotopic (exact) mass is 350 g/mol. The molecular weight excluding hydrogens is 336 g/mol. The third-order valence-electron chi connectivity index (χ3n) is 3.33. The summed E-state index contributed by atoms with van der Waals surface area (Å²) in [4.78, 5) is 10.2. The van der Waals surface area contributed by atoms with Crippen molar-refractivity contribution in [2.75, 3.05) is 18.1 Å². The summed E-state index contributed by atoms with van der Waals surface area (Å²) in [7, 11) is -3.76. The van der Waals surface area contributed by atoms with Crippen molar-refractivity contribution >= 4 is 39.1 Å². The van der Waals surface area contributed by atoms with Gasteiger partial charge >= 0.3 is 0 Å². The number of benzene rings is 1. The molecular formula is C12H15ClN2O4S2. The molecule has 0 radical (unpaired) electrons. The lowest BCUT2D eigenvalue weighted by Gasteiger charge is -2.32. The first-order valence-electron chi connectivity index (χ1n) is 6.29. The first kappa shape index (κ1) is 16.5. The van der Waals surface area contributed by atoms with Crippen LogP contribution in [0.15, 0.2) is 17.0 Å². The summed E-state index contributed by atoms with van der Waals surface area (Å²) in [6.45, 7) is 3.83. The number of sulfonamides is 1. The molecule has 1 aromatic carbocycles. The molecule has 0 saturated carbocycles. The van der Waals surface area contributed by atoms with Crippen LogP contribution in [-0.4, -0.2) is 41.7 Å². The number of aryl methyl sites for hydroxylation is 1. The van der Waals surface area contributed by atoms with E-state index in [0.717, 1.165) is 11.8 Å². The van der Waals surface area contributed by atoms with Crippen LogP contribution in [0.4, 0.5) is 5.69 Å². The average Bonchev–Trinajstić information content (AvgIpc) is 2.38. The first-order chi connectivity index (χ1) is 9.75. The zero-order chi connectivity index (χ0) is 15.8. The molecule has 1 saturated heterocycles. The molecule has 0 amide bonds. The van der Waals surface area contributed by atoms with Crippen LogP contribution >= 0.6 is 23.4 Å². The molecule has 1 heterocycles. The quantitative estimate of drug-likeness (QED) is 0.618. The zero-order valence-corrected chi connectivity index (χ0v) is 14.0. The average molecular weight is 351 g/mol. The molecule has 116 valence electrons. The Kier molecular flexibility index (Phi) is 4.82. The summed E-state index contributed by atoms with van der Waals surface area (Å²) < 4.78 is 26.9. The Morgan fingerprint density at radius 2 is 2.14 bits per heavy atom. The van der Waals surface area contributed by atoms with Gasteiger partial charge in [-0.05, 0) is 25.5 Å². The predicted octanol–water partition coefficient (Wildman–Crippen LogP) is 2.68. The summed E-state index contributed by atoms with van der Waals surface area (Å²) >= 11 is 7.50. The van der Waals surface area contributed by atoms with Gasteiger partial charge in [0.15, 0.2) is 0 Å². The van der Waals surface area contributed by atoms with Crippen molar-refractivity contribution in [3.05, 3.63) is 32.8 Å². The molecule has 0 N–H and O–H groups in total. The standard InChI is InChI=1S/C12H15ClN2O4S2/c1-8-5-10(13)11(15(16)17)6-12(8)21(18,19)14-3-4-20-7-9(14)2/h5-6,9H,3-4,7H2,1-2H3. The summed E-state index contributed by atoms with van der Waals surface area (Å²) in [6, 6.07) is 2.25. The van der Waals surface area contributed by atoms with Gasteiger partial charge in [-0.2, -0.15) is 16.1 Å². The van der Waals surface area contributed by atoms with Crippen molar-refractivity contribution < 1.29 is 13.3 Å². The minimum absolute atomic E-state index is 0.0441. The van der Waals surface area contributed by atoms with E-state index in [1.807, 2.05) is 6.92 Å². The van der Waals surface area contributed by atoms with Crippen molar-refractivity contribution in [1.29, 1.82) is 0 Å². The highest BCUT2D eigenvalue weighted by atomic mass is 35.5. The maximum Gasteiger partial charge on any atom is 0.289 e. The number of hydrogen-bond acceptors (Lipinski definition) is 5. The molecule has 9 heteroatoms. The fourth-order valence-electron chi connectivity index (χ4n) is 2.26. The Hall–Kier alpha value is -0.830. The van der Waals surface area contributed by atoms with E-state index in [1.54, 1.807) is 18.7 Å². The molecule has 1 aromatic rings. The van der Waals surface area contributed by atoms with E-state index in [1.165, 1.54) is 10.4 Å². The van der Waals surface area contributed by atoms with Crippen LogP contribution in [-0.2, 0) is 10.0 Å². The van der Waals surface area contributed by atoms with Crippen molar-refractivity contribution in [2.24, 2.45) is 0 Å². The number of hydrogen-bond donors (Lipinski definition) is 0. The van der Waals surface area contributed by atoms with Gasteiger partial charge in [0.05, 0.1) is 9.82 Å². The van der Waals surface area contributed by atoms with Crippen LogP contribution in [0.25, 0.3) is 0 Å². The van der Waals surface area contributed by atoms with E-state index >= 15 is 0 Å². The fraction of sp³-hybridized carbons (Fsp3) is 0.500. The molecule has 1 aliphatic rings. The number of rotatable bonds is 3. The molecule has 2 rings (SSSR count). The van der Waals surface area contributed by atoms with Gasteiger partial charge in [-0.15, -0.1) is 0 Å². The molecule has 0 bridgehead atoms. The van der Waals surface area contributed by atoms with E-state index in [0.29, 0.717) is 17.9 Å². The molecule has 0 aromatic heterocycles. The van der Waals surface area contributed by atoms with Gasteiger partial charge in [0, 0.05) is 30.2 Å². The number of nitro groups is 1. The van der Waals surface area contributed by atoms with Crippen molar-refractivity contribution in [3.63, 3.8) is 0 Å². The highest BCUT2D eigenvalue weighted by molar-refractivity contribution is 7.99. The minimum atomic E-state index is -3.76. The van der Waals surface area contributed by atoms with E-state index in [2.05, 4.69) is 0 Å². The van der Waals surface area contributed by atoms with Gasteiger partial charge in [0.1, 0.15) is 5.02 Å². The van der Waals surface area contributed by atoms with Gasteiger partial charge < -0.3 is 0 Å². The summed E-state index contributed by atoms with van der Waals surface area (Å²) in [5.74, 6) is 1.44. The molecule has 1 unspecified atom stereocenters. The Balaban J connectivity index is 2.54. The second kappa shape index (κ2) is 6.12. The molecule has 1 fully saturated rings. The molecule has 0 spiro atoms.